The fourth-order valence-electron chi connectivity index (χ4n) is 1.62. The summed E-state index contributed by atoms with van der Waals surface area (Å²) >= 11 is 0. The van der Waals surface area contributed by atoms with Crippen molar-refractivity contribution in [2.45, 2.75) is 25.0 Å². The maximum Gasteiger partial charge on any atom is 0.573 e. The molecule has 0 spiro atoms. The van der Waals surface area contributed by atoms with Gasteiger partial charge in [0.25, 0.3) is 0 Å². The molecule has 2 unspecified atom stereocenters. The molecule has 9 heteroatoms. The minimum absolute atomic E-state index is 0.197. The van der Waals surface area contributed by atoms with Gasteiger partial charge in [-0.1, -0.05) is 0 Å². The summed E-state index contributed by atoms with van der Waals surface area (Å²) in [6, 6.07) is 2.68. The number of carbonyl (C=O) groups excluding carboxylic acids is 2. The number of aliphatic hydroxyl groups excluding tert-OH is 2. The van der Waals surface area contributed by atoms with E-state index in [2.05, 4.69) is 4.74 Å². The quantitative estimate of drug-likeness (QED) is 0.669. The van der Waals surface area contributed by atoms with Gasteiger partial charge in [-0.25, -0.2) is 0 Å². The van der Waals surface area contributed by atoms with Gasteiger partial charge >= 0.3 is 6.36 Å². The van der Waals surface area contributed by atoms with Crippen LogP contribution < -0.4 is 10.5 Å². The SMILES string of the molecule is NC(=O)CC(O)C(O)c1cc(C=O)cc(OC(F)(F)F)c1. The zero-order chi connectivity index (χ0) is 16.2. The Morgan fingerprint density at radius 2 is 1.95 bits per heavy atom. The Morgan fingerprint density at radius 3 is 2.43 bits per heavy atom. The highest BCUT2D eigenvalue weighted by Crippen LogP contribution is 2.28. The number of aldehydes is 1. The molecule has 0 aliphatic heterocycles. The van der Waals surface area contributed by atoms with E-state index < -0.39 is 36.6 Å². The van der Waals surface area contributed by atoms with Gasteiger partial charge in [0, 0.05) is 5.56 Å². The largest absolute Gasteiger partial charge is 0.573 e. The third-order valence-corrected chi connectivity index (χ3v) is 2.44. The van der Waals surface area contributed by atoms with Crippen LogP contribution in [0.15, 0.2) is 18.2 Å². The number of primary amides is 1. The lowest BCUT2D eigenvalue weighted by Gasteiger charge is -2.18. The summed E-state index contributed by atoms with van der Waals surface area (Å²) in [4.78, 5) is 21.3. The van der Waals surface area contributed by atoms with E-state index in [1.807, 2.05) is 0 Å². The van der Waals surface area contributed by atoms with E-state index in [0.29, 0.717) is 0 Å². The summed E-state index contributed by atoms with van der Waals surface area (Å²) < 4.78 is 40.1. The average Bonchev–Trinajstić information content (AvgIpc) is 2.34. The van der Waals surface area contributed by atoms with Crippen LogP contribution in [0.25, 0.3) is 0 Å². The second-order valence-corrected chi connectivity index (χ2v) is 4.18. The lowest BCUT2D eigenvalue weighted by molar-refractivity contribution is -0.274. The summed E-state index contributed by atoms with van der Waals surface area (Å²) in [6.07, 6.45) is -8.65. The van der Waals surface area contributed by atoms with Gasteiger partial charge < -0.3 is 20.7 Å². The minimum Gasteiger partial charge on any atom is -0.406 e. The molecule has 0 heterocycles. The molecule has 0 fully saturated rings. The number of alkyl halides is 3. The minimum atomic E-state index is -4.98. The molecular formula is C12H12F3NO5. The van der Waals surface area contributed by atoms with Crippen molar-refractivity contribution < 1.29 is 37.7 Å². The molecule has 0 radical (unpaired) electrons. The summed E-state index contributed by atoms with van der Waals surface area (Å²) in [5.74, 6) is -1.63. The number of halogens is 3. The van der Waals surface area contributed by atoms with Crippen molar-refractivity contribution >= 4 is 12.2 Å². The lowest BCUT2D eigenvalue weighted by Crippen LogP contribution is -2.26. The molecule has 4 N–H and O–H groups in total. The monoisotopic (exact) mass is 307 g/mol. The molecule has 116 valence electrons. The summed E-state index contributed by atoms with van der Waals surface area (Å²) in [5.41, 5.74) is 4.43. The third-order valence-electron chi connectivity index (χ3n) is 2.44. The van der Waals surface area contributed by atoms with Gasteiger partial charge in [0.15, 0.2) is 0 Å². The molecule has 21 heavy (non-hydrogen) atoms. The smallest absolute Gasteiger partial charge is 0.406 e. The molecule has 1 aromatic carbocycles. The molecule has 6 nitrogen and oxygen atoms in total. The van der Waals surface area contributed by atoms with Gasteiger partial charge in [0.1, 0.15) is 18.1 Å². The van der Waals surface area contributed by atoms with Crippen LogP contribution in [0.5, 0.6) is 5.75 Å². The second-order valence-electron chi connectivity index (χ2n) is 4.18. The lowest BCUT2D eigenvalue weighted by atomic mass is 10.00. The molecule has 1 aromatic rings. The molecule has 0 saturated heterocycles. The molecule has 0 aliphatic carbocycles. The van der Waals surface area contributed by atoms with Gasteiger partial charge in [0.05, 0.1) is 12.5 Å². The molecular weight excluding hydrogens is 295 g/mol. The van der Waals surface area contributed by atoms with Crippen molar-refractivity contribution in [1.29, 1.82) is 0 Å². The van der Waals surface area contributed by atoms with E-state index in [0.717, 1.165) is 18.2 Å². The highest BCUT2D eigenvalue weighted by Gasteiger charge is 2.32. The number of benzene rings is 1. The van der Waals surface area contributed by atoms with Crippen LogP contribution in [0.2, 0.25) is 0 Å². The highest BCUT2D eigenvalue weighted by atomic mass is 19.4. The van der Waals surface area contributed by atoms with Crippen molar-refractivity contribution in [3.05, 3.63) is 29.3 Å². The number of ether oxygens (including phenoxy) is 1. The van der Waals surface area contributed by atoms with Crippen LogP contribution in [0.4, 0.5) is 13.2 Å². The zero-order valence-electron chi connectivity index (χ0n) is 10.5. The van der Waals surface area contributed by atoms with Gasteiger partial charge in [-0.05, 0) is 23.8 Å². The summed E-state index contributed by atoms with van der Waals surface area (Å²) in [6.45, 7) is 0. The van der Waals surface area contributed by atoms with E-state index >= 15 is 0 Å². The van der Waals surface area contributed by atoms with Gasteiger partial charge in [0.2, 0.25) is 5.91 Å². The van der Waals surface area contributed by atoms with Crippen LogP contribution in [0, 0.1) is 0 Å². The first kappa shape index (κ1) is 16.9. The van der Waals surface area contributed by atoms with Crippen LogP contribution >= 0.6 is 0 Å². The van der Waals surface area contributed by atoms with Crippen LogP contribution in [-0.2, 0) is 4.79 Å². The Labute approximate surface area is 116 Å². The molecule has 0 aliphatic rings. The fourth-order valence-corrected chi connectivity index (χ4v) is 1.62. The molecule has 0 saturated carbocycles. The maximum atomic E-state index is 12.2. The molecule has 1 amide bonds. The van der Waals surface area contributed by atoms with E-state index in [1.54, 1.807) is 0 Å². The van der Waals surface area contributed by atoms with Crippen LogP contribution in [0.1, 0.15) is 28.4 Å². The standard InChI is InChI=1S/C12H12F3NO5/c13-12(14,15)21-8-2-6(5-17)1-7(3-8)11(20)9(18)4-10(16)19/h1-3,5,9,11,18,20H,4H2,(H2,16,19). The van der Waals surface area contributed by atoms with Gasteiger partial charge in [-0.15, -0.1) is 13.2 Å². The first-order chi connectivity index (χ1) is 9.62. The molecule has 2 atom stereocenters. The third kappa shape index (κ3) is 5.40. The van der Waals surface area contributed by atoms with Crippen molar-refractivity contribution in [3.8, 4) is 5.75 Å². The second kappa shape index (κ2) is 6.55. The number of hydrogen-bond acceptors (Lipinski definition) is 5. The van der Waals surface area contributed by atoms with E-state index in [4.69, 9.17) is 5.73 Å². The topological polar surface area (TPSA) is 110 Å². The Balaban J connectivity index is 3.08. The van der Waals surface area contributed by atoms with Crippen molar-refractivity contribution in [3.63, 3.8) is 0 Å². The summed E-state index contributed by atoms with van der Waals surface area (Å²) in [5, 5.41) is 19.3. The Kier molecular flexibility index (Phi) is 5.28. The Bertz CT molecular complexity index is 532. The van der Waals surface area contributed by atoms with Crippen molar-refractivity contribution in [2.24, 2.45) is 5.73 Å². The molecule has 0 bridgehead atoms. The van der Waals surface area contributed by atoms with Crippen molar-refractivity contribution in [1.82, 2.24) is 0 Å². The Morgan fingerprint density at radius 1 is 1.33 bits per heavy atom. The zero-order valence-corrected chi connectivity index (χ0v) is 10.5. The number of carbonyl (C=O) groups is 2. The van der Waals surface area contributed by atoms with E-state index in [9.17, 15) is 33.0 Å². The number of nitrogens with two attached hydrogens (primary N) is 1. The van der Waals surface area contributed by atoms with Gasteiger partial charge in [-0.2, -0.15) is 0 Å². The van der Waals surface area contributed by atoms with Crippen molar-refractivity contribution in [2.75, 3.05) is 0 Å². The van der Waals surface area contributed by atoms with Crippen LogP contribution in [0.3, 0.4) is 0 Å². The number of amides is 1. The predicted molar refractivity (Wildman–Crippen MR) is 63.3 cm³/mol. The highest BCUT2D eigenvalue weighted by molar-refractivity contribution is 5.76. The number of aliphatic hydroxyl groups is 2. The van der Waals surface area contributed by atoms with E-state index in [1.165, 1.54) is 0 Å². The summed E-state index contributed by atoms with van der Waals surface area (Å²) in [7, 11) is 0. The molecule has 1 rings (SSSR count). The average molecular weight is 307 g/mol. The maximum absolute atomic E-state index is 12.2. The normalized spacial score (nSPS) is 14.3. The van der Waals surface area contributed by atoms with E-state index in [-0.39, 0.29) is 17.4 Å². The Hall–Kier alpha value is -2.13. The number of hydrogen-bond donors (Lipinski definition) is 3. The first-order valence-electron chi connectivity index (χ1n) is 5.62. The number of rotatable bonds is 6. The van der Waals surface area contributed by atoms with Gasteiger partial charge in [-0.3, -0.25) is 9.59 Å². The van der Waals surface area contributed by atoms with Crippen LogP contribution in [-0.4, -0.2) is 34.9 Å². The fraction of sp³-hybridized carbons (Fsp3) is 0.333. The predicted octanol–water partition coefficient (Wildman–Crippen LogP) is 0.667. The first-order valence-corrected chi connectivity index (χ1v) is 5.62. The molecule has 0 aromatic heterocycles.